The Morgan fingerprint density at radius 1 is 1.25 bits per heavy atom. The molecule has 3 nitrogen and oxygen atoms in total. The lowest BCUT2D eigenvalue weighted by Gasteiger charge is -2.21. The maximum atomic E-state index is 10.1. The minimum Gasteiger partial charge on any atom is -0.395 e. The van der Waals surface area contributed by atoms with Gasteiger partial charge in [0, 0.05) is 12.6 Å². The summed E-state index contributed by atoms with van der Waals surface area (Å²) in [6.07, 6.45) is -0.536. The van der Waals surface area contributed by atoms with Crippen molar-refractivity contribution in [3.05, 3.63) is 34.9 Å². The first-order valence-corrected chi connectivity index (χ1v) is 5.65. The summed E-state index contributed by atoms with van der Waals surface area (Å²) in [6, 6.07) is 5.92. The first-order chi connectivity index (χ1) is 7.56. The van der Waals surface area contributed by atoms with Gasteiger partial charge in [-0.25, -0.2) is 0 Å². The smallest absolute Gasteiger partial charge is 0.0940 e. The summed E-state index contributed by atoms with van der Waals surface area (Å²) in [6.45, 7) is 6.60. The first-order valence-electron chi connectivity index (χ1n) is 5.65. The number of aliphatic hydroxyl groups is 2. The monoisotopic (exact) mass is 223 g/mol. The van der Waals surface area contributed by atoms with E-state index in [4.69, 9.17) is 5.11 Å². The Balaban J connectivity index is 2.71. The van der Waals surface area contributed by atoms with Crippen molar-refractivity contribution in [3.8, 4) is 0 Å². The van der Waals surface area contributed by atoms with Gasteiger partial charge in [-0.2, -0.15) is 0 Å². The maximum Gasteiger partial charge on any atom is 0.0940 e. The van der Waals surface area contributed by atoms with Crippen molar-refractivity contribution >= 4 is 0 Å². The second-order valence-corrected chi connectivity index (χ2v) is 4.25. The fourth-order valence-corrected chi connectivity index (χ4v) is 1.64. The zero-order valence-electron chi connectivity index (χ0n) is 10.2. The third-order valence-electron chi connectivity index (χ3n) is 2.92. The predicted octanol–water partition coefficient (Wildman–Crippen LogP) is 1.31. The summed E-state index contributed by atoms with van der Waals surface area (Å²) < 4.78 is 0. The Bertz CT molecular complexity index is 339. The highest BCUT2D eigenvalue weighted by Gasteiger charge is 2.15. The van der Waals surface area contributed by atoms with Crippen molar-refractivity contribution < 1.29 is 10.2 Å². The number of hydrogen-bond acceptors (Lipinski definition) is 3. The number of aliphatic hydroxyl groups excluding tert-OH is 2. The molecule has 0 aliphatic rings. The highest BCUT2D eigenvalue weighted by atomic mass is 16.3. The summed E-state index contributed by atoms with van der Waals surface area (Å²) in [5.41, 5.74) is 3.33. The van der Waals surface area contributed by atoms with E-state index in [1.165, 1.54) is 11.1 Å². The Morgan fingerprint density at radius 3 is 2.50 bits per heavy atom. The minimum atomic E-state index is -0.536. The molecule has 0 bridgehead atoms. The molecule has 1 aromatic carbocycles. The highest BCUT2D eigenvalue weighted by molar-refractivity contribution is 5.31. The largest absolute Gasteiger partial charge is 0.395 e. The molecule has 0 aliphatic heterocycles. The Kier molecular flexibility index (Phi) is 4.93. The van der Waals surface area contributed by atoms with Crippen LogP contribution in [0.1, 0.15) is 29.7 Å². The van der Waals surface area contributed by atoms with E-state index in [9.17, 15) is 5.11 Å². The van der Waals surface area contributed by atoms with Gasteiger partial charge in [0.05, 0.1) is 12.7 Å². The molecule has 0 amide bonds. The molecule has 1 rings (SSSR count). The third kappa shape index (κ3) is 3.30. The van der Waals surface area contributed by atoms with Crippen molar-refractivity contribution in [2.45, 2.75) is 32.9 Å². The van der Waals surface area contributed by atoms with Gasteiger partial charge in [0.25, 0.3) is 0 Å². The summed E-state index contributed by atoms with van der Waals surface area (Å²) in [7, 11) is 0. The van der Waals surface area contributed by atoms with Gasteiger partial charge in [-0.05, 0) is 37.5 Å². The second kappa shape index (κ2) is 5.99. The average Bonchev–Trinajstić information content (AvgIpc) is 2.28. The molecule has 1 aromatic rings. The van der Waals surface area contributed by atoms with Crippen LogP contribution < -0.4 is 5.32 Å². The molecule has 16 heavy (non-hydrogen) atoms. The van der Waals surface area contributed by atoms with Crippen LogP contribution in [0.2, 0.25) is 0 Å². The summed E-state index contributed by atoms with van der Waals surface area (Å²) >= 11 is 0. The summed E-state index contributed by atoms with van der Waals surface area (Å²) in [5.74, 6) is 0. The van der Waals surface area contributed by atoms with Crippen LogP contribution in [0.4, 0.5) is 0 Å². The van der Waals surface area contributed by atoms with Crippen LogP contribution in [0, 0.1) is 13.8 Å². The van der Waals surface area contributed by atoms with E-state index in [0.717, 1.165) is 5.56 Å². The molecule has 0 fully saturated rings. The second-order valence-electron chi connectivity index (χ2n) is 4.25. The Labute approximate surface area is 97.1 Å². The van der Waals surface area contributed by atoms with E-state index in [1.807, 2.05) is 32.0 Å². The van der Waals surface area contributed by atoms with E-state index in [1.54, 1.807) is 0 Å². The van der Waals surface area contributed by atoms with Crippen LogP contribution in [0.25, 0.3) is 0 Å². The SMILES string of the molecule is Cc1ccc(C(O)C(C)NCCO)cc1C. The predicted molar refractivity (Wildman–Crippen MR) is 65.4 cm³/mol. The molecule has 2 atom stereocenters. The molecule has 2 unspecified atom stereocenters. The molecular formula is C13H21NO2. The maximum absolute atomic E-state index is 10.1. The number of rotatable bonds is 5. The standard InChI is InChI=1S/C13H21NO2/c1-9-4-5-12(8-10(9)2)13(16)11(3)14-6-7-15/h4-5,8,11,13-16H,6-7H2,1-3H3. The van der Waals surface area contributed by atoms with Gasteiger partial charge in [-0.1, -0.05) is 18.2 Å². The molecule has 0 aliphatic carbocycles. The van der Waals surface area contributed by atoms with E-state index < -0.39 is 6.10 Å². The zero-order valence-corrected chi connectivity index (χ0v) is 10.2. The molecule has 90 valence electrons. The van der Waals surface area contributed by atoms with Gasteiger partial charge in [0.1, 0.15) is 0 Å². The minimum absolute atomic E-state index is 0.0609. The van der Waals surface area contributed by atoms with Crippen LogP contribution in [-0.2, 0) is 0 Å². The number of aryl methyl sites for hydroxylation is 2. The normalized spacial score (nSPS) is 14.8. The molecule has 0 spiro atoms. The van der Waals surface area contributed by atoms with Crippen LogP contribution >= 0.6 is 0 Å². The van der Waals surface area contributed by atoms with Crippen LogP contribution in [0.5, 0.6) is 0 Å². The first kappa shape index (κ1) is 13.2. The van der Waals surface area contributed by atoms with Crippen molar-refractivity contribution in [3.63, 3.8) is 0 Å². The Hall–Kier alpha value is -0.900. The van der Waals surface area contributed by atoms with Crippen molar-refractivity contribution in [1.82, 2.24) is 5.32 Å². The van der Waals surface area contributed by atoms with Crippen LogP contribution in [-0.4, -0.2) is 29.4 Å². The molecule has 3 N–H and O–H groups in total. The van der Waals surface area contributed by atoms with Crippen molar-refractivity contribution in [2.24, 2.45) is 0 Å². The van der Waals surface area contributed by atoms with Crippen molar-refractivity contribution in [1.29, 1.82) is 0 Å². The lowest BCUT2D eigenvalue weighted by molar-refractivity contribution is 0.132. The van der Waals surface area contributed by atoms with E-state index >= 15 is 0 Å². The molecule has 0 saturated carbocycles. The zero-order chi connectivity index (χ0) is 12.1. The number of hydrogen-bond donors (Lipinski definition) is 3. The number of nitrogens with one attached hydrogen (secondary N) is 1. The topological polar surface area (TPSA) is 52.5 Å². The summed E-state index contributed by atoms with van der Waals surface area (Å²) in [4.78, 5) is 0. The molecule has 3 heteroatoms. The van der Waals surface area contributed by atoms with Crippen LogP contribution in [0.15, 0.2) is 18.2 Å². The van der Waals surface area contributed by atoms with Gasteiger partial charge in [0.2, 0.25) is 0 Å². The quantitative estimate of drug-likeness (QED) is 0.705. The third-order valence-corrected chi connectivity index (χ3v) is 2.92. The highest BCUT2D eigenvalue weighted by Crippen LogP contribution is 2.19. The Morgan fingerprint density at radius 2 is 1.94 bits per heavy atom. The molecule has 0 saturated heterocycles. The van der Waals surface area contributed by atoms with E-state index in [-0.39, 0.29) is 12.6 Å². The average molecular weight is 223 g/mol. The molecule has 0 heterocycles. The lowest BCUT2D eigenvalue weighted by atomic mass is 9.99. The van der Waals surface area contributed by atoms with Crippen LogP contribution in [0.3, 0.4) is 0 Å². The van der Waals surface area contributed by atoms with Gasteiger partial charge in [-0.3, -0.25) is 0 Å². The van der Waals surface area contributed by atoms with E-state index in [0.29, 0.717) is 6.54 Å². The molecule has 0 radical (unpaired) electrons. The van der Waals surface area contributed by atoms with E-state index in [2.05, 4.69) is 12.2 Å². The summed E-state index contributed by atoms with van der Waals surface area (Å²) in [5, 5.41) is 21.9. The fraction of sp³-hybridized carbons (Fsp3) is 0.538. The van der Waals surface area contributed by atoms with Gasteiger partial charge < -0.3 is 15.5 Å². The molecule has 0 aromatic heterocycles. The molecular weight excluding hydrogens is 202 g/mol. The number of benzene rings is 1. The van der Waals surface area contributed by atoms with Gasteiger partial charge in [-0.15, -0.1) is 0 Å². The van der Waals surface area contributed by atoms with Gasteiger partial charge >= 0.3 is 0 Å². The lowest BCUT2D eigenvalue weighted by Crippen LogP contribution is -2.34. The van der Waals surface area contributed by atoms with Gasteiger partial charge in [0.15, 0.2) is 0 Å². The van der Waals surface area contributed by atoms with Crippen molar-refractivity contribution in [2.75, 3.05) is 13.2 Å². The fourth-order valence-electron chi connectivity index (χ4n) is 1.64.